The maximum Gasteiger partial charge on any atom is 0.203 e. The van der Waals surface area contributed by atoms with E-state index in [0.29, 0.717) is 34.1 Å². The molecule has 2 aromatic carbocycles. The fraction of sp³-hybridized carbons (Fsp3) is 0.200. The fourth-order valence-corrected chi connectivity index (χ4v) is 2.08. The molecular formula is C15H16FNO3. The van der Waals surface area contributed by atoms with Crippen molar-refractivity contribution in [3.8, 4) is 28.4 Å². The smallest absolute Gasteiger partial charge is 0.203 e. The summed E-state index contributed by atoms with van der Waals surface area (Å²) in [5, 5.41) is 0. The molecule has 0 atom stereocenters. The molecule has 5 heteroatoms. The minimum atomic E-state index is -0.369. The van der Waals surface area contributed by atoms with E-state index in [-0.39, 0.29) is 5.82 Å². The fourth-order valence-electron chi connectivity index (χ4n) is 2.08. The summed E-state index contributed by atoms with van der Waals surface area (Å²) in [6, 6.07) is 7.67. The third kappa shape index (κ3) is 2.34. The summed E-state index contributed by atoms with van der Waals surface area (Å²) in [5.74, 6) is 1.05. The van der Waals surface area contributed by atoms with Crippen LogP contribution in [0.1, 0.15) is 0 Å². The second-order valence-corrected chi connectivity index (χ2v) is 4.11. The van der Waals surface area contributed by atoms with Crippen LogP contribution in [0.5, 0.6) is 17.2 Å². The summed E-state index contributed by atoms with van der Waals surface area (Å²) in [5.41, 5.74) is 7.55. The van der Waals surface area contributed by atoms with Gasteiger partial charge in [-0.2, -0.15) is 0 Å². The number of methoxy groups -OCH3 is 3. The molecule has 0 heterocycles. The van der Waals surface area contributed by atoms with Gasteiger partial charge in [-0.1, -0.05) is 0 Å². The summed E-state index contributed by atoms with van der Waals surface area (Å²) in [6.07, 6.45) is 0. The molecular weight excluding hydrogens is 261 g/mol. The van der Waals surface area contributed by atoms with Gasteiger partial charge in [0.05, 0.1) is 21.3 Å². The van der Waals surface area contributed by atoms with Crippen LogP contribution in [0.25, 0.3) is 11.1 Å². The first-order chi connectivity index (χ1) is 9.62. The highest BCUT2D eigenvalue weighted by molar-refractivity contribution is 5.83. The summed E-state index contributed by atoms with van der Waals surface area (Å²) in [6.45, 7) is 0. The van der Waals surface area contributed by atoms with Gasteiger partial charge in [-0.3, -0.25) is 0 Å². The van der Waals surface area contributed by atoms with Gasteiger partial charge in [0.2, 0.25) is 5.75 Å². The predicted molar refractivity (Wildman–Crippen MR) is 75.9 cm³/mol. The Hall–Kier alpha value is -2.43. The molecule has 106 valence electrons. The predicted octanol–water partition coefficient (Wildman–Crippen LogP) is 3.10. The summed E-state index contributed by atoms with van der Waals surface area (Å²) in [4.78, 5) is 0. The van der Waals surface area contributed by atoms with Crippen molar-refractivity contribution in [2.75, 3.05) is 27.1 Å². The first kappa shape index (κ1) is 14.0. The lowest BCUT2D eigenvalue weighted by Crippen LogP contribution is -1.98. The van der Waals surface area contributed by atoms with E-state index in [1.54, 1.807) is 12.1 Å². The van der Waals surface area contributed by atoms with E-state index in [0.717, 1.165) is 0 Å². The van der Waals surface area contributed by atoms with Crippen molar-refractivity contribution in [1.29, 1.82) is 0 Å². The van der Waals surface area contributed by atoms with Crippen molar-refractivity contribution in [1.82, 2.24) is 0 Å². The number of hydrogen-bond donors (Lipinski definition) is 1. The van der Waals surface area contributed by atoms with Gasteiger partial charge >= 0.3 is 0 Å². The molecule has 4 nitrogen and oxygen atoms in total. The number of anilines is 1. The standard InChI is InChI=1S/C15H16FNO3/c1-18-13-7-5-10(14(19-2)15(13)20-3)11-8-9(16)4-6-12(11)17/h4-8H,17H2,1-3H3. The minimum absolute atomic E-state index is 0.369. The number of nitrogens with two attached hydrogens (primary N) is 1. The number of ether oxygens (including phenoxy) is 3. The largest absolute Gasteiger partial charge is 0.493 e. The van der Waals surface area contributed by atoms with Gasteiger partial charge in [-0.25, -0.2) is 4.39 Å². The molecule has 0 aliphatic carbocycles. The van der Waals surface area contributed by atoms with E-state index >= 15 is 0 Å². The Balaban J connectivity index is 2.71. The molecule has 0 bridgehead atoms. The Morgan fingerprint density at radius 2 is 1.55 bits per heavy atom. The molecule has 20 heavy (non-hydrogen) atoms. The Kier molecular flexibility index (Phi) is 3.98. The lowest BCUT2D eigenvalue weighted by atomic mass is 10.0. The second kappa shape index (κ2) is 5.69. The molecule has 0 radical (unpaired) electrons. The molecule has 0 aromatic heterocycles. The van der Waals surface area contributed by atoms with Gasteiger partial charge < -0.3 is 19.9 Å². The van der Waals surface area contributed by atoms with Crippen LogP contribution in [0.3, 0.4) is 0 Å². The van der Waals surface area contributed by atoms with Crippen molar-refractivity contribution in [2.24, 2.45) is 0 Å². The van der Waals surface area contributed by atoms with Crippen molar-refractivity contribution in [3.05, 3.63) is 36.1 Å². The lowest BCUT2D eigenvalue weighted by molar-refractivity contribution is 0.325. The van der Waals surface area contributed by atoms with E-state index in [1.165, 1.54) is 39.5 Å². The summed E-state index contributed by atoms with van der Waals surface area (Å²) >= 11 is 0. The molecule has 0 spiro atoms. The number of rotatable bonds is 4. The average molecular weight is 277 g/mol. The second-order valence-electron chi connectivity index (χ2n) is 4.11. The van der Waals surface area contributed by atoms with Crippen LogP contribution in [0, 0.1) is 5.82 Å². The maximum absolute atomic E-state index is 13.4. The molecule has 0 saturated heterocycles. The normalized spacial score (nSPS) is 10.2. The Morgan fingerprint density at radius 1 is 0.850 bits per heavy atom. The molecule has 2 N–H and O–H groups in total. The third-order valence-corrected chi connectivity index (χ3v) is 3.01. The van der Waals surface area contributed by atoms with Crippen LogP contribution in [0.15, 0.2) is 30.3 Å². The van der Waals surface area contributed by atoms with Crippen molar-refractivity contribution in [3.63, 3.8) is 0 Å². The zero-order valence-electron chi connectivity index (χ0n) is 11.6. The number of nitrogen functional groups attached to an aromatic ring is 1. The average Bonchev–Trinajstić information content (AvgIpc) is 2.47. The van der Waals surface area contributed by atoms with Crippen LogP contribution in [-0.4, -0.2) is 21.3 Å². The first-order valence-corrected chi connectivity index (χ1v) is 5.96. The number of benzene rings is 2. The number of halogens is 1. The lowest BCUT2D eigenvalue weighted by Gasteiger charge is -2.16. The van der Waals surface area contributed by atoms with Crippen LogP contribution in [0.2, 0.25) is 0 Å². The Morgan fingerprint density at radius 3 is 2.15 bits per heavy atom. The van der Waals surface area contributed by atoms with E-state index in [9.17, 15) is 4.39 Å². The highest BCUT2D eigenvalue weighted by Gasteiger charge is 2.18. The van der Waals surface area contributed by atoms with E-state index in [1.807, 2.05) is 0 Å². The molecule has 0 unspecified atom stereocenters. The number of hydrogen-bond acceptors (Lipinski definition) is 4. The van der Waals surface area contributed by atoms with Crippen molar-refractivity contribution < 1.29 is 18.6 Å². The molecule has 2 aromatic rings. The van der Waals surface area contributed by atoms with E-state index in [2.05, 4.69) is 0 Å². The van der Waals surface area contributed by atoms with E-state index < -0.39 is 0 Å². The van der Waals surface area contributed by atoms with Crippen LogP contribution < -0.4 is 19.9 Å². The Labute approximate surface area is 116 Å². The zero-order valence-corrected chi connectivity index (χ0v) is 11.6. The van der Waals surface area contributed by atoms with Gasteiger partial charge in [-0.15, -0.1) is 0 Å². The zero-order chi connectivity index (χ0) is 14.7. The maximum atomic E-state index is 13.4. The highest BCUT2D eigenvalue weighted by Crippen LogP contribution is 2.45. The third-order valence-electron chi connectivity index (χ3n) is 3.01. The van der Waals surface area contributed by atoms with Gasteiger partial charge in [0.15, 0.2) is 11.5 Å². The van der Waals surface area contributed by atoms with Crippen LogP contribution >= 0.6 is 0 Å². The first-order valence-electron chi connectivity index (χ1n) is 5.96. The topological polar surface area (TPSA) is 53.7 Å². The molecule has 0 amide bonds. The molecule has 0 saturated carbocycles. The summed E-state index contributed by atoms with van der Waals surface area (Å²) < 4.78 is 29.3. The van der Waals surface area contributed by atoms with Gasteiger partial charge in [0.25, 0.3) is 0 Å². The quantitative estimate of drug-likeness (QED) is 0.872. The monoisotopic (exact) mass is 277 g/mol. The van der Waals surface area contributed by atoms with Crippen molar-refractivity contribution >= 4 is 5.69 Å². The molecule has 0 aliphatic heterocycles. The summed E-state index contributed by atoms with van der Waals surface area (Å²) in [7, 11) is 4.56. The molecule has 2 rings (SSSR count). The van der Waals surface area contributed by atoms with Crippen LogP contribution in [-0.2, 0) is 0 Å². The highest BCUT2D eigenvalue weighted by atomic mass is 19.1. The van der Waals surface area contributed by atoms with Gasteiger partial charge in [0, 0.05) is 16.8 Å². The van der Waals surface area contributed by atoms with Crippen LogP contribution in [0.4, 0.5) is 10.1 Å². The van der Waals surface area contributed by atoms with E-state index in [4.69, 9.17) is 19.9 Å². The molecule has 0 fully saturated rings. The van der Waals surface area contributed by atoms with Crippen molar-refractivity contribution in [2.45, 2.75) is 0 Å². The van der Waals surface area contributed by atoms with Gasteiger partial charge in [0.1, 0.15) is 5.82 Å². The molecule has 0 aliphatic rings. The SMILES string of the molecule is COc1ccc(-c2cc(F)ccc2N)c(OC)c1OC. The minimum Gasteiger partial charge on any atom is -0.493 e. The van der Waals surface area contributed by atoms with Gasteiger partial charge in [-0.05, 0) is 30.3 Å². The Bertz CT molecular complexity index is 629.